The lowest BCUT2D eigenvalue weighted by Crippen LogP contribution is -2.37. The van der Waals surface area contributed by atoms with Crippen molar-refractivity contribution in [2.75, 3.05) is 13.1 Å². The molecule has 27 heavy (non-hydrogen) atoms. The van der Waals surface area contributed by atoms with Crippen molar-refractivity contribution in [3.63, 3.8) is 0 Å². The quantitative estimate of drug-likeness (QED) is 0.707. The number of likely N-dealkylation sites (tertiary alicyclic amines) is 1. The minimum Gasteiger partial charge on any atom is -0.346 e. The van der Waals surface area contributed by atoms with Crippen LogP contribution in [0.4, 0.5) is 0 Å². The second-order valence-corrected chi connectivity index (χ2v) is 8.55. The summed E-state index contributed by atoms with van der Waals surface area (Å²) in [5.41, 5.74) is 4.42. The number of benzene rings is 1. The maximum atomic E-state index is 12.7. The van der Waals surface area contributed by atoms with E-state index in [2.05, 4.69) is 43.0 Å². The van der Waals surface area contributed by atoms with Crippen LogP contribution in [0, 0.1) is 0 Å². The number of nitrogens with zero attached hydrogens (tertiary/aromatic N) is 2. The second-order valence-electron chi connectivity index (χ2n) is 8.55. The molecule has 0 spiro atoms. The summed E-state index contributed by atoms with van der Waals surface area (Å²) in [5, 5.41) is 1.23. The van der Waals surface area contributed by atoms with E-state index in [9.17, 15) is 4.79 Å². The lowest BCUT2D eigenvalue weighted by Gasteiger charge is -2.32. The lowest BCUT2D eigenvalue weighted by molar-refractivity contribution is 0.0713. The number of rotatable bonds is 2. The molecule has 3 heterocycles. The zero-order valence-electron chi connectivity index (χ0n) is 16.3. The summed E-state index contributed by atoms with van der Waals surface area (Å²) in [6.45, 7) is 8.26. The van der Waals surface area contributed by atoms with Gasteiger partial charge in [0.15, 0.2) is 0 Å². The number of hydrogen-bond acceptors (Lipinski definition) is 2. The lowest BCUT2D eigenvalue weighted by atomic mass is 9.85. The van der Waals surface area contributed by atoms with Crippen LogP contribution in [0.15, 0.2) is 48.8 Å². The summed E-state index contributed by atoms with van der Waals surface area (Å²) in [4.78, 5) is 22.6. The second kappa shape index (κ2) is 6.84. The molecule has 0 unspecified atom stereocenters. The Bertz CT molecular complexity index is 945. The molecule has 0 bridgehead atoms. The van der Waals surface area contributed by atoms with Gasteiger partial charge < -0.3 is 9.88 Å². The third kappa shape index (κ3) is 3.48. The third-order valence-electron chi connectivity index (χ3n) is 5.67. The predicted molar refractivity (Wildman–Crippen MR) is 109 cm³/mol. The van der Waals surface area contributed by atoms with E-state index in [1.807, 2.05) is 41.4 Å². The number of carbonyl (C=O) groups is 1. The highest BCUT2D eigenvalue weighted by Gasteiger charge is 2.26. The Morgan fingerprint density at radius 3 is 2.52 bits per heavy atom. The van der Waals surface area contributed by atoms with Gasteiger partial charge in [0.1, 0.15) is 5.65 Å². The van der Waals surface area contributed by atoms with Gasteiger partial charge in [0, 0.05) is 36.4 Å². The summed E-state index contributed by atoms with van der Waals surface area (Å²) >= 11 is 0. The van der Waals surface area contributed by atoms with Crippen molar-refractivity contribution >= 4 is 16.9 Å². The monoisotopic (exact) mass is 361 g/mol. The number of carbonyl (C=O) groups excluding carboxylic acids is 1. The van der Waals surface area contributed by atoms with Gasteiger partial charge in [-0.15, -0.1) is 0 Å². The molecule has 140 valence electrons. The molecule has 0 saturated carbocycles. The van der Waals surface area contributed by atoms with Crippen LogP contribution in [0.2, 0.25) is 0 Å². The summed E-state index contributed by atoms with van der Waals surface area (Å²) in [6.07, 6.45) is 6.07. The van der Waals surface area contributed by atoms with Crippen molar-refractivity contribution in [3.05, 3.63) is 65.5 Å². The van der Waals surface area contributed by atoms with Crippen LogP contribution < -0.4 is 0 Å². The Labute approximate surface area is 160 Å². The van der Waals surface area contributed by atoms with Crippen LogP contribution in [0.5, 0.6) is 0 Å². The van der Waals surface area contributed by atoms with Gasteiger partial charge in [-0.2, -0.15) is 0 Å². The number of pyridine rings is 1. The topological polar surface area (TPSA) is 49.0 Å². The van der Waals surface area contributed by atoms with Crippen LogP contribution in [0.25, 0.3) is 11.0 Å². The van der Waals surface area contributed by atoms with Crippen molar-refractivity contribution in [1.29, 1.82) is 0 Å². The summed E-state index contributed by atoms with van der Waals surface area (Å²) < 4.78 is 0. The predicted octanol–water partition coefficient (Wildman–Crippen LogP) is 4.88. The van der Waals surface area contributed by atoms with Gasteiger partial charge >= 0.3 is 0 Å². The highest BCUT2D eigenvalue weighted by Crippen LogP contribution is 2.34. The van der Waals surface area contributed by atoms with Gasteiger partial charge in [-0.25, -0.2) is 4.98 Å². The minimum atomic E-state index is 0.0845. The minimum absolute atomic E-state index is 0.0845. The number of hydrogen-bond donors (Lipinski definition) is 1. The fourth-order valence-electron chi connectivity index (χ4n) is 3.93. The Hall–Kier alpha value is -2.62. The van der Waals surface area contributed by atoms with Crippen molar-refractivity contribution in [2.24, 2.45) is 0 Å². The van der Waals surface area contributed by atoms with Gasteiger partial charge in [-0.3, -0.25) is 4.79 Å². The third-order valence-corrected chi connectivity index (χ3v) is 5.67. The number of fused-ring (bicyclic) bond motifs is 1. The number of nitrogens with one attached hydrogen (secondary N) is 1. The number of H-pyrrole nitrogens is 1. The molecule has 3 aromatic rings. The van der Waals surface area contributed by atoms with Crippen molar-refractivity contribution in [1.82, 2.24) is 14.9 Å². The number of aromatic nitrogens is 2. The molecular weight excluding hydrogens is 334 g/mol. The Morgan fingerprint density at radius 2 is 1.85 bits per heavy atom. The Balaban J connectivity index is 1.52. The van der Waals surface area contributed by atoms with E-state index in [-0.39, 0.29) is 11.3 Å². The van der Waals surface area contributed by atoms with E-state index < -0.39 is 0 Å². The molecule has 4 heteroatoms. The van der Waals surface area contributed by atoms with Crippen LogP contribution >= 0.6 is 0 Å². The zero-order chi connectivity index (χ0) is 19.0. The van der Waals surface area contributed by atoms with E-state index in [1.54, 1.807) is 0 Å². The van der Waals surface area contributed by atoms with E-state index in [0.717, 1.165) is 37.1 Å². The van der Waals surface area contributed by atoms with E-state index in [1.165, 1.54) is 16.5 Å². The van der Waals surface area contributed by atoms with Crippen LogP contribution in [0.1, 0.15) is 61.0 Å². The Morgan fingerprint density at radius 1 is 1.15 bits per heavy atom. The number of aromatic amines is 1. The SMILES string of the molecule is CC(C)(C)c1cnc2[nH]cc(C3CCN(C(=O)c4ccccc4)CC3)c2c1. The van der Waals surface area contributed by atoms with Gasteiger partial charge in [-0.1, -0.05) is 39.0 Å². The summed E-state index contributed by atoms with van der Waals surface area (Å²) in [6, 6.07) is 11.9. The molecule has 1 aliphatic heterocycles. The van der Waals surface area contributed by atoms with Crippen LogP contribution in [0.3, 0.4) is 0 Å². The number of amides is 1. The molecule has 1 aromatic carbocycles. The van der Waals surface area contributed by atoms with Crippen molar-refractivity contribution in [3.8, 4) is 0 Å². The molecule has 0 aliphatic carbocycles. The first-order valence-corrected chi connectivity index (χ1v) is 9.75. The molecule has 1 aliphatic rings. The zero-order valence-corrected chi connectivity index (χ0v) is 16.3. The molecule has 4 rings (SSSR count). The highest BCUT2D eigenvalue weighted by molar-refractivity contribution is 5.94. The molecule has 0 radical (unpaired) electrons. The van der Waals surface area contributed by atoms with E-state index >= 15 is 0 Å². The highest BCUT2D eigenvalue weighted by atomic mass is 16.2. The fraction of sp³-hybridized carbons (Fsp3) is 0.391. The van der Waals surface area contributed by atoms with Crippen molar-refractivity contribution < 1.29 is 4.79 Å². The van der Waals surface area contributed by atoms with Crippen molar-refractivity contribution in [2.45, 2.75) is 44.9 Å². The smallest absolute Gasteiger partial charge is 0.253 e. The number of piperidine rings is 1. The molecule has 1 saturated heterocycles. The summed E-state index contributed by atoms with van der Waals surface area (Å²) in [7, 11) is 0. The maximum Gasteiger partial charge on any atom is 0.253 e. The van der Waals surface area contributed by atoms with E-state index in [4.69, 9.17) is 0 Å². The standard InChI is InChI=1S/C23H27N3O/c1-23(2,3)18-13-19-20(15-25-21(19)24-14-18)16-9-11-26(12-10-16)22(27)17-7-5-4-6-8-17/h4-8,13-16H,9-12H2,1-3H3,(H,24,25). The first-order chi connectivity index (χ1) is 12.9. The van der Waals surface area contributed by atoms with Gasteiger partial charge in [0.05, 0.1) is 0 Å². The molecule has 0 atom stereocenters. The van der Waals surface area contributed by atoms with E-state index in [0.29, 0.717) is 5.92 Å². The average Bonchev–Trinajstić information content (AvgIpc) is 3.11. The molecule has 1 amide bonds. The first-order valence-electron chi connectivity index (χ1n) is 9.75. The fourth-order valence-corrected chi connectivity index (χ4v) is 3.93. The first kappa shape index (κ1) is 17.8. The maximum absolute atomic E-state index is 12.7. The largest absolute Gasteiger partial charge is 0.346 e. The molecule has 2 aromatic heterocycles. The molecule has 1 fully saturated rings. The molecular formula is C23H27N3O. The summed E-state index contributed by atoms with van der Waals surface area (Å²) in [5.74, 6) is 0.611. The van der Waals surface area contributed by atoms with Gasteiger partial charge in [0.2, 0.25) is 0 Å². The normalized spacial score (nSPS) is 16.0. The molecule has 4 nitrogen and oxygen atoms in total. The van der Waals surface area contributed by atoms with Gasteiger partial charge in [0.25, 0.3) is 5.91 Å². The van der Waals surface area contributed by atoms with Crippen LogP contribution in [-0.4, -0.2) is 33.9 Å². The Kier molecular flexibility index (Phi) is 4.50. The van der Waals surface area contributed by atoms with Gasteiger partial charge in [-0.05, 0) is 53.5 Å². The average molecular weight is 361 g/mol. The van der Waals surface area contributed by atoms with Crippen LogP contribution in [-0.2, 0) is 5.41 Å². The molecule has 1 N–H and O–H groups in total.